The third-order valence-electron chi connectivity index (χ3n) is 2.73. The van der Waals surface area contributed by atoms with Gasteiger partial charge >= 0.3 is 0 Å². The molecule has 3 atom stereocenters. The first-order chi connectivity index (χ1) is 5.59. The molecule has 0 aromatic heterocycles. The van der Waals surface area contributed by atoms with Gasteiger partial charge in [-0.1, -0.05) is 13.8 Å². The molecule has 12 heavy (non-hydrogen) atoms. The Morgan fingerprint density at radius 2 is 2.17 bits per heavy atom. The zero-order valence-electron chi connectivity index (χ0n) is 8.38. The maximum absolute atomic E-state index is 9.45. The smallest absolute Gasteiger partial charge is 0.0667 e. The van der Waals surface area contributed by atoms with E-state index in [0.717, 1.165) is 18.9 Å². The van der Waals surface area contributed by atoms with Gasteiger partial charge in [0.05, 0.1) is 6.10 Å². The van der Waals surface area contributed by atoms with Crippen molar-refractivity contribution in [3.05, 3.63) is 0 Å². The molecule has 1 aliphatic rings. The Labute approximate surface area is 75.4 Å². The van der Waals surface area contributed by atoms with Gasteiger partial charge in [-0.25, -0.2) is 0 Å². The predicted octanol–water partition coefficient (Wildman–Crippen LogP) is 1.39. The summed E-state index contributed by atoms with van der Waals surface area (Å²) < 4.78 is 0. The number of rotatable bonds is 2. The Morgan fingerprint density at radius 3 is 2.75 bits per heavy atom. The highest BCUT2D eigenvalue weighted by atomic mass is 16.3. The van der Waals surface area contributed by atoms with Crippen molar-refractivity contribution in [3.8, 4) is 0 Å². The average Bonchev–Trinajstić information content (AvgIpc) is 1.96. The van der Waals surface area contributed by atoms with Gasteiger partial charge in [-0.05, 0) is 31.6 Å². The minimum Gasteiger partial charge on any atom is -0.392 e. The lowest BCUT2D eigenvalue weighted by atomic mass is 9.84. The second-order valence-corrected chi connectivity index (χ2v) is 4.48. The summed E-state index contributed by atoms with van der Waals surface area (Å²) in [6.07, 6.45) is 2.09. The zero-order chi connectivity index (χ0) is 9.14. The standard InChI is InChI=1S/C10H21NO/c1-7(2)4-9-5-10(12)6-11-8(9)3/h7-12H,4-6H2,1-3H3. The molecule has 1 heterocycles. The minimum atomic E-state index is -0.120. The summed E-state index contributed by atoms with van der Waals surface area (Å²) in [5.41, 5.74) is 0. The van der Waals surface area contributed by atoms with Gasteiger partial charge in [0.15, 0.2) is 0 Å². The molecule has 2 nitrogen and oxygen atoms in total. The van der Waals surface area contributed by atoms with Crippen LogP contribution in [0.15, 0.2) is 0 Å². The van der Waals surface area contributed by atoms with E-state index in [2.05, 4.69) is 26.1 Å². The van der Waals surface area contributed by atoms with E-state index in [4.69, 9.17) is 0 Å². The van der Waals surface area contributed by atoms with Gasteiger partial charge in [-0.3, -0.25) is 0 Å². The Kier molecular flexibility index (Phi) is 3.53. The van der Waals surface area contributed by atoms with E-state index in [1.165, 1.54) is 6.42 Å². The Bertz CT molecular complexity index is 134. The summed E-state index contributed by atoms with van der Waals surface area (Å²) in [6.45, 7) is 7.48. The third kappa shape index (κ3) is 2.76. The normalized spacial score (nSPS) is 37.2. The molecule has 1 rings (SSSR count). The van der Waals surface area contributed by atoms with E-state index < -0.39 is 0 Å². The molecular weight excluding hydrogens is 150 g/mol. The summed E-state index contributed by atoms with van der Waals surface area (Å²) in [5.74, 6) is 1.40. The highest BCUT2D eigenvalue weighted by Gasteiger charge is 2.26. The van der Waals surface area contributed by atoms with Gasteiger partial charge in [0.25, 0.3) is 0 Å². The van der Waals surface area contributed by atoms with Crippen molar-refractivity contribution in [2.45, 2.75) is 45.8 Å². The van der Waals surface area contributed by atoms with Crippen molar-refractivity contribution < 1.29 is 5.11 Å². The number of aliphatic hydroxyl groups excluding tert-OH is 1. The van der Waals surface area contributed by atoms with Crippen LogP contribution in [0.5, 0.6) is 0 Å². The minimum absolute atomic E-state index is 0.120. The second kappa shape index (κ2) is 4.24. The van der Waals surface area contributed by atoms with Crippen molar-refractivity contribution in [1.82, 2.24) is 5.32 Å². The molecule has 1 fully saturated rings. The van der Waals surface area contributed by atoms with Crippen LogP contribution in [0, 0.1) is 11.8 Å². The van der Waals surface area contributed by atoms with E-state index in [9.17, 15) is 5.11 Å². The van der Waals surface area contributed by atoms with Crippen molar-refractivity contribution in [3.63, 3.8) is 0 Å². The lowest BCUT2D eigenvalue weighted by Crippen LogP contribution is -2.46. The first-order valence-electron chi connectivity index (χ1n) is 5.01. The Hall–Kier alpha value is -0.0800. The Morgan fingerprint density at radius 1 is 1.50 bits per heavy atom. The number of hydrogen-bond donors (Lipinski definition) is 2. The van der Waals surface area contributed by atoms with Crippen molar-refractivity contribution in [2.24, 2.45) is 11.8 Å². The van der Waals surface area contributed by atoms with Crippen LogP contribution in [0.1, 0.15) is 33.6 Å². The maximum atomic E-state index is 9.45. The molecule has 0 saturated carbocycles. The molecule has 1 aliphatic heterocycles. The molecule has 3 unspecified atom stereocenters. The molecule has 2 heteroatoms. The lowest BCUT2D eigenvalue weighted by Gasteiger charge is -2.34. The molecule has 0 spiro atoms. The van der Waals surface area contributed by atoms with Crippen LogP contribution in [0.2, 0.25) is 0 Å². The monoisotopic (exact) mass is 171 g/mol. The van der Waals surface area contributed by atoms with Crippen LogP contribution < -0.4 is 5.32 Å². The van der Waals surface area contributed by atoms with Crippen molar-refractivity contribution in [1.29, 1.82) is 0 Å². The summed E-state index contributed by atoms with van der Waals surface area (Å²) in [6, 6.07) is 0.579. The summed E-state index contributed by atoms with van der Waals surface area (Å²) >= 11 is 0. The van der Waals surface area contributed by atoms with E-state index >= 15 is 0 Å². The number of piperidine rings is 1. The number of β-amino-alcohol motifs (C(OH)–C–C–N with tert-alkyl or cyclic N) is 1. The predicted molar refractivity (Wildman–Crippen MR) is 51.0 cm³/mol. The first-order valence-corrected chi connectivity index (χ1v) is 5.01. The second-order valence-electron chi connectivity index (χ2n) is 4.48. The third-order valence-corrected chi connectivity index (χ3v) is 2.73. The maximum Gasteiger partial charge on any atom is 0.0667 e. The summed E-state index contributed by atoms with van der Waals surface area (Å²) in [7, 11) is 0. The summed E-state index contributed by atoms with van der Waals surface area (Å²) in [5, 5.41) is 12.8. The van der Waals surface area contributed by atoms with E-state index in [-0.39, 0.29) is 6.10 Å². The molecule has 72 valence electrons. The van der Waals surface area contributed by atoms with Crippen LogP contribution in [0.3, 0.4) is 0 Å². The SMILES string of the molecule is CC(C)CC1CC(O)CNC1C. The van der Waals surface area contributed by atoms with Crippen molar-refractivity contribution >= 4 is 0 Å². The fourth-order valence-corrected chi connectivity index (χ4v) is 2.03. The van der Waals surface area contributed by atoms with Crippen LogP contribution >= 0.6 is 0 Å². The quantitative estimate of drug-likeness (QED) is 0.658. The van der Waals surface area contributed by atoms with Gasteiger partial charge in [0.2, 0.25) is 0 Å². The first kappa shape index (κ1) is 10.0. The van der Waals surface area contributed by atoms with Gasteiger partial charge < -0.3 is 10.4 Å². The van der Waals surface area contributed by atoms with E-state index in [1.807, 2.05) is 0 Å². The molecule has 0 bridgehead atoms. The molecule has 2 N–H and O–H groups in total. The van der Waals surface area contributed by atoms with Gasteiger partial charge in [0.1, 0.15) is 0 Å². The highest BCUT2D eigenvalue weighted by Crippen LogP contribution is 2.23. The molecule has 1 saturated heterocycles. The fourth-order valence-electron chi connectivity index (χ4n) is 2.03. The largest absolute Gasteiger partial charge is 0.392 e. The Balaban J connectivity index is 2.38. The fraction of sp³-hybridized carbons (Fsp3) is 1.00. The molecule has 0 amide bonds. The average molecular weight is 171 g/mol. The van der Waals surface area contributed by atoms with Crippen molar-refractivity contribution in [2.75, 3.05) is 6.54 Å². The number of aliphatic hydroxyl groups is 1. The van der Waals surface area contributed by atoms with E-state index in [1.54, 1.807) is 0 Å². The van der Waals surface area contributed by atoms with Crippen LogP contribution in [0.4, 0.5) is 0 Å². The van der Waals surface area contributed by atoms with Gasteiger partial charge in [-0.15, -0.1) is 0 Å². The molecular formula is C10H21NO. The topological polar surface area (TPSA) is 32.3 Å². The molecule has 0 aliphatic carbocycles. The van der Waals surface area contributed by atoms with Crippen LogP contribution in [-0.4, -0.2) is 23.8 Å². The number of nitrogens with one attached hydrogen (secondary N) is 1. The van der Waals surface area contributed by atoms with Gasteiger partial charge in [0, 0.05) is 12.6 Å². The van der Waals surface area contributed by atoms with Crippen LogP contribution in [0.25, 0.3) is 0 Å². The highest BCUT2D eigenvalue weighted by molar-refractivity contribution is 4.82. The number of hydrogen-bond acceptors (Lipinski definition) is 2. The molecule has 0 radical (unpaired) electrons. The summed E-state index contributed by atoms with van der Waals surface area (Å²) in [4.78, 5) is 0. The lowest BCUT2D eigenvalue weighted by molar-refractivity contribution is 0.0862. The van der Waals surface area contributed by atoms with E-state index in [0.29, 0.717) is 12.0 Å². The zero-order valence-corrected chi connectivity index (χ0v) is 8.38. The molecule has 0 aromatic carbocycles. The van der Waals surface area contributed by atoms with Gasteiger partial charge in [-0.2, -0.15) is 0 Å². The molecule has 0 aromatic rings. The van der Waals surface area contributed by atoms with Crippen LogP contribution in [-0.2, 0) is 0 Å².